The molecule has 1 amide bonds. The lowest BCUT2D eigenvalue weighted by atomic mass is 9.93. The van der Waals surface area contributed by atoms with Crippen molar-refractivity contribution in [1.29, 1.82) is 0 Å². The maximum absolute atomic E-state index is 13.7. The first-order valence-corrected chi connectivity index (χ1v) is 8.30. The van der Waals surface area contributed by atoms with Crippen molar-refractivity contribution in [3.63, 3.8) is 0 Å². The van der Waals surface area contributed by atoms with Crippen LogP contribution < -0.4 is 5.73 Å². The topological polar surface area (TPSA) is 46.3 Å². The Kier molecular flexibility index (Phi) is 8.00. The summed E-state index contributed by atoms with van der Waals surface area (Å²) in [5, 5.41) is 0. The molecule has 5 heteroatoms. The molecule has 3 nitrogen and oxygen atoms in total. The summed E-state index contributed by atoms with van der Waals surface area (Å²) in [5.41, 5.74) is 6.72. The second-order valence-electron chi connectivity index (χ2n) is 6.49. The zero-order valence-electron chi connectivity index (χ0n) is 14.0. The highest BCUT2D eigenvalue weighted by Crippen LogP contribution is 2.23. The SMILES string of the molecule is CC(CCc1ccccc1F)C(=O)N1CCCCC1C(C)N.Cl. The van der Waals surface area contributed by atoms with Crippen molar-refractivity contribution in [3.8, 4) is 0 Å². The number of carbonyl (C=O) groups excluding carboxylic acids is 1. The monoisotopic (exact) mass is 342 g/mol. The van der Waals surface area contributed by atoms with E-state index < -0.39 is 0 Å². The van der Waals surface area contributed by atoms with E-state index in [0.717, 1.165) is 25.8 Å². The molecule has 0 spiro atoms. The highest BCUT2D eigenvalue weighted by molar-refractivity contribution is 5.85. The Morgan fingerprint density at radius 2 is 2.04 bits per heavy atom. The Morgan fingerprint density at radius 1 is 1.35 bits per heavy atom. The number of aryl methyl sites for hydroxylation is 1. The minimum Gasteiger partial charge on any atom is -0.338 e. The Hall–Kier alpha value is -1.13. The first-order chi connectivity index (χ1) is 10.5. The molecule has 0 aromatic heterocycles. The van der Waals surface area contributed by atoms with Crippen molar-refractivity contribution in [2.45, 2.75) is 58.0 Å². The fraction of sp³-hybridized carbons (Fsp3) is 0.611. The number of hydrogen-bond acceptors (Lipinski definition) is 2. The van der Waals surface area contributed by atoms with Gasteiger partial charge in [0.15, 0.2) is 0 Å². The summed E-state index contributed by atoms with van der Waals surface area (Å²) in [6.07, 6.45) is 4.44. The van der Waals surface area contributed by atoms with Gasteiger partial charge in [-0.1, -0.05) is 25.1 Å². The fourth-order valence-electron chi connectivity index (χ4n) is 3.26. The molecule has 2 N–H and O–H groups in total. The molecule has 2 rings (SSSR count). The summed E-state index contributed by atoms with van der Waals surface area (Å²) in [4.78, 5) is 14.7. The Bertz CT molecular complexity index is 510. The summed E-state index contributed by atoms with van der Waals surface area (Å²) < 4.78 is 13.7. The van der Waals surface area contributed by atoms with E-state index in [1.54, 1.807) is 12.1 Å². The number of nitrogens with zero attached hydrogens (tertiary/aromatic N) is 1. The van der Waals surface area contributed by atoms with Gasteiger partial charge in [0.05, 0.1) is 0 Å². The van der Waals surface area contributed by atoms with Crippen LogP contribution in [0.1, 0.15) is 45.1 Å². The second-order valence-corrected chi connectivity index (χ2v) is 6.49. The molecule has 0 saturated carbocycles. The molecule has 1 aliphatic rings. The van der Waals surface area contributed by atoms with Crippen LogP contribution in [0.15, 0.2) is 24.3 Å². The van der Waals surface area contributed by atoms with Crippen molar-refractivity contribution >= 4 is 18.3 Å². The number of halogens is 2. The molecule has 23 heavy (non-hydrogen) atoms. The van der Waals surface area contributed by atoms with Crippen molar-refractivity contribution in [1.82, 2.24) is 4.90 Å². The van der Waals surface area contributed by atoms with E-state index in [-0.39, 0.29) is 42.1 Å². The molecule has 3 unspecified atom stereocenters. The first kappa shape index (κ1) is 19.9. The fourth-order valence-corrected chi connectivity index (χ4v) is 3.26. The van der Waals surface area contributed by atoms with Gasteiger partial charge in [-0.3, -0.25) is 4.79 Å². The van der Waals surface area contributed by atoms with Crippen LogP contribution in [-0.4, -0.2) is 29.4 Å². The number of carbonyl (C=O) groups is 1. The minimum atomic E-state index is -0.187. The lowest BCUT2D eigenvalue weighted by Gasteiger charge is -2.39. The largest absolute Gasteiger partial charge is 0.338 e. The van der Waals surface area contributed by atoms with Gasteiger partial charge in [0.2, 0.25) is 5.91 Å². The van der Waals surface area contributed by atoms with Crippen LogP contribution in [0, 0.1) is 11.7 Å². The van der Waals surface area contributed by atoms with Crippen LogP contribution in [0.4, 0.5) is 4.39 Å². The summed E-state index contributed by atoms with van der Waals surface area (Å²) in [6.45, 7) is 4.71. The van der Waals surface area contributed by atoms with Crippen molar-refractivity contribution in [2.75, 3.05) is 6.54 Å². The molecule has 1 aromatic carbocycles. The molecule has 130 valence electrons. The lowest BCUT2D eigenvalue weighted by molar-refractivity contribution is -0.139. The molecule has 1 saturated heterocycles. The molecular weight excluding hydrogens is 315 g/mol. The number of benzene rings is 1. The average molecular weight is 343 g/mol. The van der Waals surface area contributed by atoms with Gasteiger partial charge in [-0.25, -0.2) is 4.39 Å². The van der Waals surface area contributed by atoms with Gasteiger partial charge in [0.25, 0.3) is 0 Å². The standard InChI is InChI=1S/C18H27FN2O.ClH/c1-13(10-11-15-7-3-4-8-16(15)19)18(22)21-12-6-5-9-17(21)14(2)20;/h3-4,7-8,13-14,17H,5-6,9-12,20H2,1-2H3;1H. The summed E-state index contributed by atoms with van der Waals surface area (Å²) in [5.74, 6) is -0.120. The first-order valence-electron chi connectivity index (χ1n) is 8.30. The number of likely N-dealkylation sites (tertiary alicyclic amines) is 1. The maximum Gasteiger partial charge on any atom is 0.225 e. The third-order valence-electron chi connectivity index (χ3n) is 4.67. The van der Waals surface area contributed by atoms with Crippen LogP contribution in [-0.2, 0) is 11.2 Å². The van der Waals surface area contributed by atoms with Crippen molar-refractivity contribution < 1.29 is 9.18 Å². The van der Waals surface area contributed by atoms with Crippen LogP contribution >= 0.6 is 12.4 Å². The summed E-state index contributed by atoms with van der Waals surface area (Å²) >= 11 is 0. The van der Waals surface area contributed by atoms with Gasteiger partial charge in [0.1, 0.15) is 5.82 Å². The van der Waals surface area contributed by atoms with Crippen molar-refractivity contribution in [2.24, 2.45) is 11.7 Å². The molecular formula is C18H28ClFN2O. The molecule has 1 heterocycles. The van der Waals surface area contributed by atoms with Gasteiger partial charge in [-0.15, -0.1) is 12.4 Å². The number of nitrogens with two attached hydrogens (primary N) is 1. The van der Waals surface area contributed by atoms with Gasteiger partial charge >= 0.3 is 0 Å². The maximum atomic E-state index is 13.7. The smallest absolute Gasteiger partial charge is 0.225 e. The molecule has 0 aliphatic carbocycles. The van der Waals surface area contributed by atoms with Gasteiger partial charge in [-0.2, -0.15) is 0 Å². The lowest BCUT2D eigenvalue weighted by Crippen LogP contribution is -2.53. The molecule has 0 radical (unpaired) electrons. The van der Waals surface area contributed by atoms with Crippen LogP contribution in [0.25, 0.3) is 0 Å². The number of hydrogen-bond donors (Lipinski definition) is 1. The highest BCUT2D eigenvalue weighted by Gasteiger charge is 2.31. The van der Waals surface area contributed by atoms with E-state index in [4.69, 9.17) is 5.73 Å². The normalized spacial score (nSPS) is 20.5. The van der Waals surface area contributed by atoms with E-state index in [1.165, 1.54) is 6.07 Å². The molecule has 1 fully saturated rings. The zero-order chi connectivity index (χ0) is 16.1. The Balaban J connectivity index is 0.00000264. The summed E-state index contributed by atoms with van der Waals surface area (Å²) in [6, 6.07) is 6.94. The van der Waals surface area contributed by atoms with Crippen LogP contribution in [0.2, 0.25) is 0 Å². The number of rotatable bonds is 5. The van der Waals surface area contributed by atoms with Crippen LogP contribution in [0.5, 0.6) is 0 Å². The molecule has 0 bridgehead atoms. The van der Waals surface area contributed by atoms with Crippen LogP contribution in [0.3, 0.4) is 0 Å². The molecule has 3 atom stereocenters. The quantitative estimate of drug-likeness (QED) is 0.889. The van der Waals surface area contributed by atoms with E-state index in [9.17, 15) is 9.18 Å². The minimum absolute atomic E-state index is 0. The number of amides is 1. The third-order valence-corrected chi connectivity index (χ3v) is 4.67. The predicted molar refractivity (Wildman–Crippen MR) is 94.1 cm³/mol. The van der Waals surface area contributed by atoms with E-state index in [2.05, 4.69) is 0 Å². The van der Waals surface area contributed by atoms with Gasteiger partial charge < -0.3 is 10.6 Å². The van der Waals surface area contributed by atoms with Gasteiger partial charge in [0, 0.05) is 24.5 Å². The Labute approximate surface area is 144 Å². The third kappa shape index (κ3) is 5.18. The van der Waals surface area contributed by atoms with E-state index in [0.29, 0.717) is 18.4 Å². The van der Waals surface area contributed by atoms with E-state index in [1.807, 2.05) is 24.8 Å². The van der Waals surface area contributed by atoms with E-state index >= 15 is 0 Å². The Morgan fingerprint density at radius 3 is 2.70 bits per heavy atom. The van der Waals surface area contributed by atoms with Gasteiger partial charge in [-0.05, 0) is 50.7 Å². The highest BCUT2D eigenvalue weighted by atomic mass is 35.5. The molecule has 1 aromatic rings. The number of piperidine rings is 1. The second kappa shape index (κ2) is 9.24. The zero-order valence-corrected chi connectivity index (χ0v) is 14.8. The summed E-state index contributed by atoms with van der Waals surface area (Å²) in [7, 11) is 0. The average Bonchev–Trinajstić information content (AvgIpc) is 2.53. The van der Waals surface area contributed by atoms with Crippen molar-refractivity contribution in [3.05, 3.63) is 35.6 Å². The predicted octanol–water partition coefficient (Wildman–Crippen LogP) is 3.54. The molecule has 1 aliphatic heterocycles.